The zero-order valence-corrected chi connectivity index (χ0v) is 12.9. The van der Waals surface area contributed by atoms with Gasteiger partial charge in [-0.1, -0.05) is 19.1 Å². The van der Waals surface area contributed by atoms with Crippen molar-refractivity contribution in [2.75, 3.05) is 19.3 Å². The van der Waals surface area contributed by atoms with E-state index in [-0.39, 0.29) is 6.04 Å². The van der Waals surface area contributed by atoms with Crippen molar-refractivity contribution in [3.8, 4) is 0 Å². The van der Waals surface area contributed by atoms with Gasteiger partial charge in [-0.05, 0) is 42.6 Å². The Hall–Kier alpha value is -1.23. The summed E-state index contributed by atoms with van der Waals surface area (Å²) in [6.07, 6.45) is 3.80. The summed E-state index contributed by atoms with van der Waals surface area (Å²) in [5.41, 5.74) is 7.27. The second-order valence-corrected chi connectivity index (χ2v) is 5.55. The van der Waals surface area contributed by atoms with Crippen LogP contribution in [0.3, 0.4) is 0 Å². The van der Waals surface area contributed by atoms with Crippen LogP contribution in [0.5, 0.6) is 0 Å². The summed E-state index contributed by atoms with van der Waals surface area (Å²) in [7, 11) is 0. The minimum Gasteiger partial charge on any atom is -0.468 e. The molecule has 1 heterocycles. The monoisotopic (exact) mass is 290 g/mol. The zero-order chi connectivity index (χ0) is 14.4. The number of benzene rings is 1. The summed E-state index contributed by atoms with van der Waals surface area (Å²) in [5.74, 6) is 0.978. The molecule has 0 saturated carbocycles. The van der Waals surface area contributed by atoms with Crippen LogP contribution in [0, 0.1) is 0 Å². The van der Waals surface area contributed by atoms with Crippen molar-refractivity contribution in [1.82, 2.24) is 4.90 Å². The first-order valence-corrected chi connectivity index (χ1v) is 8.11. The maximum absolute atomic E-state index is 6.00. The lowest BCUT2D eigenvalue weighted by molar-refractivity contribution is 0.188. The highest BCUT2D eigenvalue weighted by atomic mass is 32.2. The smallest absolute Gasteiger partial charge is 0.117 e. The lowest BCUT2D eigenvalue weighted by Crippen LogP contribution is -2.33. The summed E-state index contributed by atoms with van der Waals surface area (Å²) >= 11 is 1.75. The first-order chi connectivity index (χ1) is 9.78. The van der Waals surface area contributed by atoms with E-state index in [9.17, 15) is 0 Å². The quantitative estimate of drug-likeness (QED) is 0.792. The van der Waals surface area contributed by atoms with Gasteiger partial charge in [0.25, 0.3) is 0 Å². The van der Waals surface area contributed by atoms with Crippen molar-refractivity contribution in [2.45, 2.75) is 24.4 Å². The molecule has 0 amide bonds. The van der Waals surface area contributed by atoms with Crippen LogP contribution in [0.4, 0.5) is 0 Å². The highest BCUT2D eigenvalue weighted by Crippen LogP contribution is 2.24. The van der Waals surface area contributed by atoms with E-state index < -0.39 is 0 Å². The predicted octanol–water partition coefficient (Wildman–Crippen LogP) is 3.52. The molecule has 2 rings (SSSR count). The minimum absolute atomic E-state index is 0.223. The number of likely N-dealkylation sites (N-methyl/N-ethyl adjacent to an activating group) is 1. The Morgan fingerprint density at radius 2 is 2.00 bits per heavy atom. The van der Waals surface area contributed by atoms with Gasteiger partial charge in [-0.15, -0.1) is 11.8 Å². The lowest BCUT2D eigenvalue weighted by Gasteiger charge is -2.29. The fourth-order valence-corrected chi connectivity index (χ4v) is 2.78. The van der Waals surface area contributed by atoms with E-state index in [2.05, 4.69) is 42.3 Å². The van der Waals surface area contributed by atoms with Crippen LogP contribution in [0.15, 0.2) is 52.0 Å². The van der Waals surface area contributed by atoms with Crippen molar-refractivity contribution in [3.63, 3.8) is 0 Å². The number of nitrogens with zero attached hydrogens (tertiary/aromatic N) is 1. The number of furan rings is 1. The molecular formula is C16H22N2OS. The largest absolute Gasteiger partial charge is 0.468 e. The molecule has 4 heteroatoms. The zero-order valence-electron chi connectivity index (χ0n) is 12.1. The number of hydrogen-bond donors (Lipinski definition) is 1. The van der Waals surface area contributed by atoms with Crippen LogP contribution in [-0.2, 0) is 6.54 Å². The maximum atomic E-state index is 6.00. The van der Waals surface area contributed by atoms with Gasteiger partial charge in [0.15, 0.2) is 0 Å². The van der Waals surface area contributed by atoms with E-state index in [1.165, 1.54) is 10.5 Å². The summed E-state index contributed by atoms with van der Waals surface area (Å²) in [6.45, 7) is 4.48. The maximum Gasteiger partial charge on any atom is 0.117 e. The van der Waals surface area contributed by atoms with Crippen molar-refractivity contribution in [3.05, 3.63) is 54.0 Å². The van der Waals surface area contributed by atoms with Gasteiger partial charge >= 0.3 is 0 Å². The third-order valence-electron chi connectivity index (χ3n) is 3.51. The van der Waals surface area contributed by atoms with E-state index in [4.69, 9.17) is 10.2 Å². The van der Waals surface area contributed by atoms with Gasteiger partial charge in [-0.2, -0.15) is 0 Å². The van der Waals surface area contributed by atoms with E-state index in [0.717, 1.165) is 18.8 Å². The summed E-state index contributed by atoms with van der Waals surface area (Å²) in [5, 5.41) is 0. The Labute approximate surface area is 125 Å². The molecule has 0 aliphatic rings. The van der Waals surface area contributed by atoms with Crippen LogP contribution in [0.1, 0.15) is 24.3 Å². The molecule has 0 spiro atoms. The molecule has 20 heavy (non-hydrogen) atoms. The second-order valence-electron chi connectivity index (χ2n) is 4.67. The summed E-state index contributed by atoms with van der Waals surface area (Å²) in [6, 6.07) is 12.8. The Kier molecular flexibility index (Phi) is 5.71. The topological polar surface area (TPSA) is 42.4 Å². The van der Waals surface area contributed by atoms with Gasteiger partial charge in [0, 0.05) is 17.5 Å². The van der Waals surface area contributed by atoms with Crippen LogP contribution >= 0.6 is 11.8 Å². The molecule has 1 aromatic carbocycles. The number of rotatable bonds is 7. The Balaban J connectivity index is 2.15. The molecule has 108 valence electrons. The standard InChI is InChI=1S/C16H22N2OS/c1-3-18(12-14-5-4-10-19-14)16(11-17)13-6-8-15(20-2)9-7-13/h4-10,16H,3,11-12,17H2,1-2H3. The molecule has 0 aliphatic carbocycles. The Morgan fingerprint density at radius 1 is 1.25 bits per heavy atom. The van der Waals surface area contributed by atoms with Gasteiger partial charge in [0.1, 0.15) is 5.76 Å². The van der Waals surface area contributed by atoms with Gasteiger partial charge in [0.05, 0.1) is 12.8 Å². The predicted molar refractivity (Wildman–Crippen MR) is 84.8 cm³/mol. The van der Waals surface area contributed by atoms with Crippen molar-refractivity contribution < 1.29 is 4.42 Å². The molecule has 0 fully saturated rings. The average molecular weight is 290 g/mol. The van der Waals surface area contributed by atoms with Crippen LogP contribution in [0.25, 0.3) is 0 Å². The van der Waals surface area contributed by atoms with Crippen LogP contribution in [0.2, 0.25) is 0 Å². The van der Waals surface area contributed by atoms with E-state index in [1.807, 2.05) is 12.1 Å². The number of hydrogen-bond acceptors (Lipinski definition) is 4. The Bertz CT molecular complexity index is 496. The molecule has 1 atom stereocenters. The molecule has 3 nitrogen and oxygen atoms in total. The van der Waals surface area contributed by atoms with Crippen LogP contribution < -0.4 is 5.73 Å². The third-order valence-corrected chi connectivity index (χ3v) is 4.25. The van der Waals surface area contributed by atoms with Crippen molar-refractivity contribution >= 4 is 11.8 Å². The van der Waals surface area contributed by atoms with E-state index in [0.29, 0.717) is 6.54 Å². The summed E-state index contributed by atoms with van der Waals surface area (Å²) < 4.78 is 5.45. The number of nitrogens with two attached hydrogens (primary N) is 1. The molecule has 0 saturated heterocycles. The average Bonchev–Trinajstić information content (AvgIpc) is 3.00. The molecular weight excluding hydrogens is 268 g/mol. The molecule has 2 N–H and O–H groups in total. The fraction of sp³-hybridized carbons (Fsp3) is 0.375. The van der Waals surface area contributed by atoms with Gasteiger partial charge in [-0.25, -0.2) is 0 Å². The third kappa shape index (κ3) is 3.66. The van der Waals surface area contributed by atoms with E-state index >= 15 is 0 Å². The number of thioether (sulfide) groups is 1. The minimum atomic E-state index is 0.223. The molecule has 2 aromatic rings. The molecule has 1 unspecified atom stereocenters. The Morgan fingerprint density at radius 3 is 2.50 bits per heavy atom. The van der Waals surface area contributed by atoms with Gasteiger partial charge in [-0.3, -0.25) is 4.90 Å². The normalized spacial score (nSPS) is 12.8. The molecule has 0 radical (unpaired) electrons. The first-order valence-electron chi connectivity index (χ1n) is 6.89. The molecule has 0 aliphatic heterocycles. The highest BCUT2D eigenvalue weighted by molar-refractivity contribution is 7.98. The first kappa shape index (κ1) is 15.2. The van der Waals surface area contributed by atoms with Gasteiger partial charge < -0.3 is 10.2 Å². The van der Waals surface area contributed by atoms with Crippen molar-refractivity contribution in [1.29, 1.82) is 0 Å². The highest BCUT2D eigenvalue weighted by Gasteiger charge is 2.18. The van der Waals surface area contributed by atoms with Crippen molar-refractivity contribution in [2.24, 2.45) is 5.73 Å². The van der Waals surface area contributed by atoms with Crippen LogP contribution in [-0.4, -0.2) is 24.2 Å². The fourth-order valence-electron chi connectivity index (χ4n) is 2.37. The molecule has 1 aromatic heterocycles. The lowest BCUT2D eigenvalue weighted by atomic mass is 10.1. The van der Waals surface area contributed by atoms with Gasteiger partial charge in [0.2, 0.25) is 0 Å². The second kappa shape index (κ2) is 7.53. The summed E-state index contributed by atoms with van der Waals surface area (Å²) in [4.78, 5) is 3.62. The van der Waals surface area contributed by atoms with E-state index in [1.54, 1.807) is 18.0 Å². The molecule has 0 bridgehead atoms. The SMILES string of the molecule is CCN(Cc1ccco1)C(CN)c1ccc(SC)cc1.